The van der Waals surface area contributed by atoms with E-state index in [2.05, 4.69) is 36.5 Å². The normalized spacial score (nSPS) is 11.3. The Labute approximate surface area is 124 Å². The van der Waals surface area contributed by atoms with Crippen LogP contribution in [0.4, 0.5) is 5.69 Å². The third-order valence-corrected chi connectivity index (χ3v) is 3.85. The quantitative estimate of drug-likeness (QED) is 0.923. The second kappa shape index (κ2) is 6.18. The standard InChI is InChI=1S/C16H20N2OS/c1-16(2,3)13-11-20-15(18-13)10-9-14(19)17-12-7-5-4-6-8-12/h4-8,11H,9-10H2,1-3H3,(H,17,19). The number of aryl methyl sites for hydroxylation is 1. The minimum atomic E-state index is 0.0312. The minimum absolute atomic E-state index is 0.0312. The van der Waals surface area contributed by atoms with Crippen molar-refractivity contribution in [3.05, 3.63) is 46.4 Å². The number of carbonyl (C=O) groups excluding carboxylic acids is 1. The molecule has 0 saturated carbocycles. The highest BCUT2D eigenvalue weighted by atomic mass is 32.1. The fourth-order valence-electron chi connectivity index (χ4n) is 1.74. The Balaban J connectivity index is 1.86. The molecule has 0 spiro atoms. The van der Waals surface area contributed by atoms with Crippen LogP contribution in [0.1, 0.15) is 37.9 Å². The largest absolute Gasteiger partial charge is 0.326 e. The molecular weight excluding hydrogens is 268 g/mol. The molecule has 1 N–H and O–H groups in total. The summed E-state index contributed by atoms with van der Waals surface area (Å²) in [4.78, 5) is 16.5. The average molecular weight is 288 g/mol. The molecule has 2 aromatic rings. The number of hydrogen-bond acceptors (Lipinski definition) is 3. The van der Waals surface area contributed by atoms with Crippen LogP contribution in [-0.4, -0.2) is 10.9 Å². The van der Waals surface area contributed by atoms with Crippen LogP contribution >= 0.6 is 11.3 Å². The summed E-state index contributed by atoms with van der Waals surface area (Å²) in [6.07, 6.45) is 1.16. The van der Waals surface area contributed by atoms with Crippen molar-refractivity contribution in [1.82, 2.24) is 4.98 Å². The van der Waals surface area contributed by atoms with Crippen LogP contribution < -0.4 is 5.32 Å². The lowest BCUT2D eigenvalue weighted by Crippen LogP contribution is -2.13. The first kappa shape index (κ1) is 14.7. The van der Waals surface area contributed by atoms with Gasteiger partial charge in [0.2, 0.25) is 5.91 Å². The number of anilines is 1. The molecule has 2 rings (SSSR count). The lowest BCUT2D eigenvalue weighted by Gasteiger charge is -2.14. The van der Waals surface area contributed by atoms with E-state index < -0.39 is 0 Å². The lowest BCUT2D eigenvalue weighted by atomic mass is 9.93. The van der Waals surface area contributed by atoms with E-state index in [-0.39, 0.29) is 11.3 Å². The predicted octanol–water partition coefficient (Wildman–Crippen LogP) is 4.01. The Kier molecular flexibility index (Phi) is 4.55. The highest BCUT2D eigenvalue weighted by Gasteiger charge is 2.17. The maximum atomic E-state index is 11.9. The molecule has 1 heterocycles. The highest BCUT2D eigenvalue weighted by Crippen LogP contribution is 2.24. The van der Waals surface area contributed by atoms with E-state index in [4.69, 9.17) is 0 Å². The van der Waals surface area contributed by atoms with Crippen molar-refractivity contribution in [3.63, 3.8) is 0 Å². The molecule has 0 bridgehead atoms. The molecule has 4 heteroatoms. The van der Waals surface area contributed by atoms with Crippen molar-refractivity contribution >= 4 is 22.9 Å². The number of amides is 1. The molecule has 0 aliphatic carbocycles. The Morgan fingerprint density at radius 3 is 2.55 bits per heavy atom. The zero-order valence-electron chi connectivity index (χ0n) is 12.1. The van der Waals surface area contributed by atoms with E-state index in [9.17, 15) is 4.79 Å². The van der Waals surface area contributed by atoms with Gasteiger partial charge in [0, 0.05) is 29.3 Å². The molecule has 0 radical (unpaired) electrons. The van der Waals surface area contributed by atoms with Crippen LogP contribution in [0, 0.1) is 0 Å². The van der Waals surface area contributed by atoms with Gasteiger partial charge in [-0.3, -0.25) is 4.79 Å². The molecule has 0 atom stereocenters. The topological polar surface area (TPSA) is 42.0 Å². The van der Waals surface area contributed by atoms with Crippen molar-refractivity contribution in [2.75, 3.05) is 5.32 Å². The van der Waals surface area contributed by atoms with Crippen LogP contribution in [0.5, 0.6) is 0 Å². The van der Waals surface area contributed by atoms with Gasteiger partial charge in [0.25, 0.3) is 0 Å². The van der Waals surface area contributed by atoms with Crippen molar-refractivity contribution in [2.24, 2.45) is 0 Å². The minimum Gasteiger partial charge on any atom is -0.326 e. The summed E-state index contributed by atoms with van der Waals surface area (Å²) in [5, 5.41) is 6.00. The molecule has 106 valence electrons. The van der Waals surface area contributed by atoms with Crippen molar-refractivity contribution in [1.29, 1.82) is 0 Å². The molecule has 3 nitrogen and oxygen atoms in total. The zero-order valence-corrected chi connectivity index (χ0v) is 13.0. The van der Waals surface area contributed by atoms with Gasteiger partial charge in [-0.1, -0.05) is 39.0 Å². The number of hydrogen-bond donors (Lipinski definition) is 1. The van der Waals surface area contributed by atoms with Crippen LogP contribution in [0.3, 0.4) is 0 Å². The summed E-state index contributed by atoms with van der Waals surface area (Å²) >= 11 is 1.63. The lowest BCUT2D eigenvalue weighted by molar-refractivity contribution is -0.116. The summed E-state index contributed by atoms with van der Waals surface area (Å²) in [6.45, 7) is 6.44. The number of nitrogens with zero attached hydrogens (tertiary/aromatic N) is 1. The monoisotopic (exact) mass is 288 g/mol. The number of rotatable bonds is 4. The maximum Gasteiger partial charge on any atom is 0.224 e. The number of carbonyl (C=O) groups is 1. The molecule has 0 aliphatic heterocycles. The van der Waals surface area contributed by atoms with Crippen molar-refractivity contribution in [2.45, 2.75) is 39.0 Å². The van der Waals surface area contributed by atoms with Gasteiger partial charge in [-0.25, -0.2) is 4.98 Å². The number of thiazole rings is 1. The zero-order chi connectivity index (χ0) is 14.6. The van der Waals surface area contributed by atoms with Crippen LogP contribution in [-0.2, 0) is 16.6 Å². The summed E-state index contributed by atoms with van der Waals surface area (Å²) in [6, 6.07) is 9.52. The van der Waals surface area contributed by atoms with E-state index in [1.54, 1.807) is 11.3 Å². The Morgan fingerprint density at radius 2 is 1.95 bits per heavy atom. The van der Waals surface area contributed by atoms with Gasteiger partial charge in [0.05, 0.1) is 10.7 Å². The third-order valence-electron chi connectivity index (χ3n) is 2.94. The van der Waals surface area contributed by atoms with E-state index in [0.29, 0.717) is 12.8 Å². The average Bonchev–Trinajstić information content (AvgIpc) is 2.86. The van der Waals surface area contributed by atoms with Gasteiger partial charge in [0.15, 0.2) is 0 Å². The third kappa shape index (κ3) is 4.17. The molecular formula is C16H20N2OS. The number of nitrogens with one attached hydrogen (secondary N) is 1. The summed E-state index contributed by atoms with van der Waals surface area (Å²) in [5.41, 5.74) is 2.01. The fraction of sp³-hybridized carbons (Fsp3) is 0.375. The van der Waals surface area contributed by atoms with Gasteiger partial charge in [-0.05, 0) is 12.1 Å². The van der Waals surface area contributed by atoms with Crippen LogP contribution in [0.25, 0.3) is 0 Å². The maximum absolute atomic E-state index is 11.9. The Bertz CT molecular complexity index is 570. The van der Waals surface area contributed by atoms with Gasteiger partial charge >= 0.3 is 0 Å². The molecule has 0 fully saturated rings. The van der Waals surface area contributed by atoms with E-state index in [0.717, 1.165) is 16.4 Å². The first-order valence-electron chi connectivity index (χ1n) is 6.75. The molecule has 20 heavy (non-hydrogen) atoms. The number of benzene rings is 1. The van der Waals surface area contributed by atoms with Crippen molar-refractivity contribution in [3.8, 4) is 0 Å². The smallest absolute Gasteiger partial charge is 0.224 e. The van der Waals surface area contributed by atoms with Crippen molar-refractivity contribution < 1.29 is 4.79 Å². The second-order valence-electron chi connectivity index (χ2n) is 5.79. The van der Waals surface area contributed by atoms with E-state index in [1.807, 2.05) is 30.3 Å². The second-order valence-corrected chi connectivity index (χ2v) is 6.73. The molecule has 1 amide bonds. The first-order valence-corrected chi connectivity index (χ1v) is 7.63. The summed E-state index contributed by atoms with van der Waals surface area (Å²) in [7, 11) is 0. The van der Waals surface area contributed by atoms with E-state index in [1.165, 1.54) is 0 Å². The molecule has 0 saturated heterocycles. The van der Waals surface area contributed by atoms with E-state index >= 15 is 0 Å². The number of aromatic nitrogens is 1. The van der Waals surface area contributed by atoms with Gasteiger partial charge in [0.1, 0.15) is 0 Å². The fourth-order valence-corrected chi connectivity index (χ4v) is 2.76. The summed E-state index contributed by atoms with van der Waals surface area (Å²) < 4.78 is 0. The van der Waals surface area contributed by atoms with Crippen LogP contribution in [0.15, 0.2) is 35.7 Å². The molecule has 0 aliphatic rings. The van der Waals surface area contributed by atoms with Gasteiger partial charge in [-0.2, -0.15) is 0 Å². The highest BCUT2D eigenvalue weighted by molar-refractivity contribution is 7.09. The van der Waals surface area contributed by atoms with Crippen LogP contribution in [0.2, 0.25) is 0 Å². The first-order chi connectivity index (χ1) is 9.45. The predicted molar refractivity (Wildman–Crippen MR) is 84.2 cm³/mol. The Morgan fingerprint density at radius 1 is 1.25 bits per heavy atom. The Hall–Kier alpha value is -1.68. The molecule has 0 unspecified atom stereocenters. The van der Waals surface area contributed by atoms with Gasteiger partial charge < -0.3 is 5.32 Å². The summed E-state index contributed by atoms with van der Waals surface area (Å²) in [5.74, 6) is 0.0312. The number of para-hydroxylation sites is 1. The molecule has 1 aromatic heterocycles. The van der Waals surface area contributed by atoms with Gasteiger partial charge in [-0.15, -0.1) is 11.3 Å². The SMILES string of the molecule is CC(C)(C)c1csc(CCC(=O)Nc2ccccc2)n1. The molecule has 1 aromatic carbocycles.